The molecular formula is C8H8Cl2N2O. The summed E-state index contributed by atoms with van der Waals surface area (Å²) >= 11 is 11.5. The van der Waals surface area contributed by atoms with E-state index in [0.717, 1.165) is 0 Å². The van der Waals surface area contributed by atoms with Crippen molar-refractivity contribution in [3.05, 3.63) is 33.8 Å². The minimum Gasteiger partial charge on any atom is -0.294 e. The van der Waals surface area contributed by atoms with Crippen LogP contribution in [0.4, 0.5) is 0 Å². The number of hydrazine groups is 1. The second-order valence-corrected chi connectivity index (χ2v) is 3.32. The van der Waals surface area contributed by atoms with Gasteiger partial charge in [-0.15, -0.1) is 0 Å². The number of hydrogen-bond acceptors (Lipinski definition) is 2. The average Bonchev–Trinajstić information content (AvgIpc) is 2.09. The predicted octanol–water partition coefficient (Wildman–Crippen LogP) is 1.53. The third-order valence-corrected chi connectivity index (χ3v) is 2.11. The molecule has 0 aliphatic heterocycles. The molecule has 3 nitrogen and oxygen atoms in total. The van der Waals surface area contributed by atoms with Gasteiger partial charge in [-0.25, -0.2) is 5.84 Å². The molecule has 1 rings (SSSR count). The number of rotatable bonds is 2. The maximum absolute atomic E-state index is 10.9. The molecule has 0 aliphatic carbocycles. The molecule has 0 heterocycles. The van der Waals surface area contributed by atoms with Gasteiger partial charge in [0.2, 0.25) is 5.91 Å². The summed E-state index contributed by atoms with van der Waals surface area (Å²) in [7, 11) is 0. The van der Waals surface area contributed by atoms with Crippen molar-refractivity contribution in [2.24, 2.45) is 5.84 Å². The Kier molecular flexibility index (Phi) is 3.54. The molecule has 0 bridgehead atoms. The van der Waals surface area contributed by atoms with E-state index in [2.05, 4.69) is 0 Å². The third kappa shape index (κ3) is 2.88. The lowest BCUT2D eigenvalue weighted by atomic mass is 10.1. The first-order valence-corrected chi connectivity index (χ1v) is 4.32. The smallest absolute Gasteiger partial charge is 0.238 e. The van der Waals surface area contributed by atoms with E-state index in [1.807, 2.05) is 5.43 Å². The predicted molar refractivity (Wildman–Crippen MR) is 52.5 cm³/mol. The summed E-state index contributed by atoms with van der Waals surface area (Å²) in [4.78, 5) is 10.9. The zero-order valence-corrected chi connectivity index (χ0v) is 8.19. The van der Waals surface area contributed by atoms with Crippen LogP contribution in [0, 0.1) is 0 Å². The topological polar surface area (TPSA) is 55.1 Å². The molecule has 1 aromatic rings. The summed E-state index contributed by atoms with van der Waals surface area (Å²) < 4.78 is 0. The second-order valence-electron chi connectivity index (χ2n) is 2.48. The first kappa shape index (κ1) is 10.3. The van der Waals surface area contributed by atoms with E-state index in [4.69, 9.17) is 29.0 Å². The number of amides is 1. The molecule has 3 N–H and O–H groups in total. The van der Waals surface area contributed by atoms with Crippen LogP contribution in [-0.4, -0.2) is 5.91 Å². The van der Waals surface area contributed by atoms with Crippen molar-refractivity contribution in [1.82, 2.24) is 5.43 Å². The molecule has 13 heavy (non-hydrogen) atoms. The molecule has 0 spiro atoms. The SMILES string of the molecule is NNC(=O)Cc1ccc(Cl)cc1Cl. The van der Waals surface area contributed by atoms with Crippen molar-refractivity contribution in [2.45, 2.75) is 6.42 Å². The van der Waals surface area contributed by atoms with Gasteiger partial charge < -0.3 is 0 Å². The lowest BCUT2D eigenvalue weighted by molar-refractivity contribution is -0.120. The van der Waals surface area contributed by atoms with Gasteiger partial charge in [-0.2, -0.15) is 0 Å². The van der Waals surface area contributed by atoms with Crippen molar-refractivity contribution in [3.8, 4) is 0 Å². The molecule has 0 radical (unpaired) electrons. The molecule has 0 aliphatic rings. The van der Waals surface area contributed by atoms with E-state index in [0.29, 0.717) is 15.6 Å². The summed E-state index contributed by atoms with van der Waals surface area (Å²) in [5, 5.41) is 1.01. The van der Waals surface area contributed by atoms with Crippen LogP contribution in [0.5, 0.6) is 0 Å². The van der Waals surface area contributed by atoms with Crippen molar-refractivity contribution in [1.29, 1.82) is 0 Å². The van der Waals surface area contributed by atoms with E-state index in [-0.39, 0.29) is 12.3 Å². The maximum Gasteiger partial charge on any atom is 0.238 e. The summed E-state index contributed by atoms with van der Waals surface area (Å²) in [5.41, 5.74) is 2.73. The molecule has 1 aromatic carbocycles. The zero-order valence-electron chi connectivity index (χ0n) is 6.68. The number of nitrogens with one attached hydrogen (secondary N) is 1. The molecule has 5 heteroatoms. The Labute approximate surface area is 85.8 Å². The van der Waals surface area contributed by atoms with Crippen LogP contribution < -0.4 is 11.3 Å². The summed E-state index contributed by atoms with van der Waals surface area (Å²) in [6.07, 6.45) is 0.159. The van der Waals surface area contributed by atoms with E-state index in [1.54, 1.807) is 18.2 Å². The van der Waals surface area contributed by atoms with E-state index < -0.39 is 0 Å². The molecule has 0 fully saturated rings. The fourth-order valence-corrected chi connectivity index (χ4v) is 1.36. The molecule has 70 valence electrons. The number of benzene rings is 1. The van der Waals surface area contributed by atoms with Crippen LogP contribution in [0.25, 0.3) is 0 Å². The van der Waals surface area contributed by atoms with Crippen LogP contribution in [0.3, 0.4) is 0 Å². The number of carbonyl (C=O) groups is 1. The molecular weight excluding hydrogens is 211 g/mol. The van der Waals surface area contributed by atoms with Gasteiger partial charge in [-0.05, 0) is 17.7 Å². The monoisotopic (exact) mass is 218 g/mol. The Morgan fingerprint density at radius 2 is 2.15 bits per heavy atom. The van der Waals surface area contributed by atoms with E-state index >= 15 is 0 Å². The van der Waals surface area contributed by atoms with E-state index in [9.17, 15) is 4.79 Å². The average molecular weight is 219 g/mol. The zero-order chi connectivity index (χ0) is 9.84. The Bertz CT molecular complexity index is 328. The van der Waals surface area contributed by atoms with Crippen LogP contribution in [0.2, 0.25) is 10.0 Å². The van der Waals surface area contributed by atoms with Gasteiger partial charge in [0.25, 0.3) is 0 Å². The van der Waals surface area contributed by atoms with Gasteiger partial charge >= 0.3 is 0 Å². The quantitative estimate of drug-likeness (QED) is 0.450. The molecule has 0 saturated carbocycles. The van der Waals surface area contributed by atoms with E-state index in [1.165, 1.54) is 0 Å². The molecule has 0 unspecified atom stereocenters. The van der Waals surface area contributed by atoms with Crippen molar-refractivity contribution in [3.63, 3.8) is 0 Å². The summed E-state index contributed by atoms with van der Waals surface area (Å²) in [6, 6.07) is 4.95. The van der Waals surface area contributed by atoms with Crippen molar-refractivity contribution < 1.29 is 4.79 Å². The van der Waals surface area contributed by atoms with Crippen LogP contribution in [-0.2, 0) is 11.2 Å². The number of carbonyl (C=O) groups excluding carboxylic acids is 1. The normalized spacial score (nSPS) is 9.77. The Morgan fingerprint density at radius 3 is 2.69 bits per heavy atom. The van der Waals surface area contributed by atoms with Gasteiger partial charge in [0, 0.05) is 10.0 Å². The highest BCUT2D eigenvalue weighted by Crippen LogP contribution is 2.21. The standard InChI is InChI=1S/C8H8Cl2N2O/c9-6-2-1-5(7(10)4-6)3-8(13)12-11/h1-2,4H,3,11H2,(H,12,13). The van der Waals surface area contributed by atoms with Crippen molar-refractivity contribution >= 4 is 29.1 Å². The van der Waals surface area contributed by atoms with Gasteiger partial charge in [-0.3, -0.25) is 10.2 Å². The summed E-state index contributed by atoms with van der Waals surface area (Å²) in [5.74, 6) is 4.64. The fraction of sp³-hybridized carbons (Fsp3) is 0.125. The fourth-order valence-electron chi connectivity index (χ4n) is 0.889. The highest BCUT2D eigenvalue weighted by atomic mass is 35.5. The Balaban J connectivity index is 2.83. The van der Waals surface area contributed by atoms with Crippen LogP contribution >= 0.6 is 23.2 Å². The lowest BCUT2D eigenvalue weighted by Crippen LogP contribution is -2.31. The first-order valence-electron chi connectivity index (χ1n) is 3.57. The van der Waals surface area contributed by atoms with Gasteiger partial charge in [0.1, 0.15) is 0 Å². The van der Waals surface area contributed by atoms with Gasteiger partial charge in [-0.1, -0.05) is 29.3 Å². The molecule has 0 aromatic heterocycles. The molecule has 1 amide bonds. The van der Waals surface area contributed by atoms with Crippen LogP contribution in [0.1, 0.15) is 5.56 Å². The van der Waals surface area contributed by atoms with Gasteiger partial charge in [0.05, 0.1) is 6.42 Å². The summed E-state index contributed by atoms with van der Waals surface area (Å²) in [6.45, 7) is 0. The molecule has 0 atom stereocenters. The van der Waals surface area contributed by atoms with Crippen molar-refractivity contribution in [2.75, 3.05) is 0 Å². The van der Waals surface area contributed by atoms with Gasteiger partial charge in [0.15, 0.2) is 0 Å². The number of hydrogen-bond donors (Lipinski definition) is 2. The maximum atomic E-state index is 10.9. The third-order valence-electron chi connectivity index (χ3n) is 1.53. The minimum atomic E-state index is -0.288. The number of halogens is 2. The lowest BCUT2D eigenvalue weighted by Gasteiger charge is -2.02. The highest BCUT2D eigenvalue weighted by Gasteiger charge is 2.05. The Morgan fingerprint density at radius 1 is 1.46 bits per heavy atom. The van der Waals surface area contributed by atoms with Crippen LogP contribution in [0.15, 0.2) is 18.2 Å². The number of nitrogens with two attached hydrogens (primary N) is 1. The largest absolute Gasteiger partial charge is 0.294 e. The highest BCUT2D eigenvalue weighted by molar-refractivity contribution is 6.35. The Hall–Kier alpha value is -0.770. The first-order chi connectivity index (χ1) is 6.13. The minimum absolute atomic E-state index is 0.159. The second kappa shape index (κ2) is 4.46. The molecule has 0 saturated heterocycles.